The molecule has 1 atom stereocenters. The zero-order valence-corrected chi connectivity index (χ0v) is 15.4. The average Bonchev–Trinajstić information content (AvgIpc) is 3.13. The molecule has 1 saturated heterocycles. The van der Waals surface area contributed by atoms with E-state index in [-0.39, 0.29) is 5.97 Å². The summed E-state index contributed by atoms with van der Waals surface area (Å²) < 4.78 is 4.84. The van der Waals surface area contributed by atoms with E-state index in [9.17, 15) is 4.79 Å². The lowest BCUT2D eigenvalue weighted by molar-refractivity contribution is -0.141. The summed E-state index contributed by atoms with van der Waals surface area (Å²) >= 11 is 0. The maximum absolute atomic E-state index is 11.6. The summed E-state index contributed by atoms with van der Waals surface area (Å²) in [7, 11) is 1.47. The number of rotatable bonds is 7. The fourth-order valence-electron chi connectivity index (χ4n) is 3.71. The summed E-state index contributed by atoms with van der Waals surface area (Å²) in [6, 6.07) is 21.4. The van der Waals surface area contributed by atoms with E-state index in [4.69, 9.17) is 4.74 Å². The molecule has 3 rings (SSSR count). The van der Waals surface area contributed by atoms with Gasteiger partial charge < -0.3 is 4.74 Å². The van der Waals surface area contributed by atoms with Crippen molar-refractivity contribution in [1.29, 1.82) is 0 Å². The number of carbonyl (C=O) groups excluding carboxylic acids is 1. The molecule has 0 aromatic heterocycles. The van der Waals surface area contributed by atoms with E-state index in [2.05, 4.69) is 59.5 Å². The van der Waals surface area contributed by atoms with Crippen molar-refractivity contribution in [3.63, 3.8) is 0 Å². The monoisotopic (exact) mass is 349 g/mol. The second kappa shape index (κ2) is 9.35. The van der Waals surface area contributed by atoms with Crippen LogP contribution in [0.1, 0.15) is 36.8 Å². The van der Waals surface area contributed by atoms with Gasteiger partial charge in [0.15, 0.2) is 0 Å². The van der Waals surface area contributed by atoms with E-state index >= 15 is 0 Å². The van der Waals surface area contributed by atoms with Crippen LogP contribution in [0.5, 0.6) is 0 Å². The van der Waals surface area contributed by atoms with Gasteiger partial charge in [-0.05, 0) is 42.5 Å². The number of carbonyl (C=O) groups is 1. The highest BCUT2D eigenvalue weighted by Crippen LogP contribution is 2.25. The van der Waals surface area contributed by atoms with Crippen molar-refractivity contribution >= 4 is 11.5 Å². The van der Waals surface area contributed by atoms with E-state index in [0.717, 1.165) is 32.4 Å². The zero-order chi connectivity index (χ0) is 18.2. The lowest BCUT2D eigenvalue weighted by Gasteiger charge is -2.23. The third kappa shape index (κ3) is 4.83. The first-order valence-electron chi connectivity index (χ1n) is 9.40. The van der Waals surface area contributed by atoms with Gasteiger partial charge in [-0.25, -0.2) is 0 Å². The van der Waals surface area contributed by atoms with Crippen molar-refractivity contribution in [1.82, 2.24) is 4.90 Å². The molecule has 0 bridgehead atoms. The van der Waals surface area contributed by atoms with Crippen molar-refractivity contribution in [2.75, 3.05) is 20.2 Å². The van der Waals surface area contributed by atoms with Crippen molar-refractivity contribution in [2.24, 2.45) is 0 Å². The second-order valence-corrected chi connectivity index (χ2v) is 6.75. The number of ether oxygens (including phenoxy) is 1. The van der Waals surface area contributed by atoms with Crippen LogP contribution in [-0.4, -0.2) is 37.1 Å². The predicted molar refractivity (Wildman–Crippen MR) is 106 cm³/mol. The molecule has 0 saturated carbocycles. The number of nitrogens with zero attached hydrogens (tertiary/aromatic N) is 1. The number of hydrogen-bond donors (Lipinski definition) is 0. The number of esters is 1. The molecule has 3 nitrogen and oxygen atoms in total. The molecule has 26 heavy (non-hydrogen) atoms. The third-order valence-electron chi connectivity index (χ3n) is 5.06. The van der Waals surface area contributed by atoms with Crippen molar-refractivity contribution in [2.45, 2.75) is 31.7 Å². The summed E-state index contributed by atoms with van der Waals surface area (Å²) in [5, 5.41) is 0. The van der Waals surface area contributed by atoms with Crippen LogP contribution in [0.4, 0.5) is 0 Å². The number of hydrogen-bond acceptors (Lipinski definition) is 3. The Morgan fingerprint density at radius 1 is 1.08 bits per heavy atom. The van der Waals surface area contributed by atoms with E-state index < -0.39 is 0 Å². The predicted octanol–water partition coefficient (Wildman–Crippen LogP) is 4.54. The minimum atomic E-state index is -0.105. The summed E-state index contributed by atoms with van der Waals surface area (Å²) in [6.45, 7) is 2.05. The number of methoxy groups -OCH3 is 1. The van der Waals surface area contributed by atoms with Gasteiger partial charge in [0.1, 0.15) is 0 Å². The van der Waals surface area contributed by atoms with Gasteiger partial charge in [-0.15, -0.1) is 0 Å². The molecule has 1 fully saturated rings. The van der Waals surface area contributed by atoms with Gasteiger partial charge in [0.2, 0.25) is 0 Å². The van der Waals surface area contributed by atoms with Crippen LogP contribution in [0.3, 0.4) is 0 Å². The lowest BCUT2D eigenvalue weighted by Crippen LogP contribution is -2.32. The van der Waals surface area contributed by atoms with Crippen LogP contribution in [0.2, 0.25) is 0 Å². The van der Waals surface area contributed by atoms with E-state index in [1.807, 2.05) is 12.1 Å². The molecular formula is C23H27NO2. The van der Waals surface area contributed by atoms with Gasteiger partial charge in [-0.2, -0.15) is 0 Å². The van der Waals surface area contributed by atoms with Crippen molar-refractivity contribution in [3.05, 3.63) is 77.9 Å². The Bertz CT molecular complexity index is 683. The Hall–Kier alpha value is -2.39. The van der Waals surface area contributed by atoms with Crippen molar-refractivity contribution in [3.8, 4) is 0 Å². The summed E-state index contributed by atoms with van der Waals surface area (Å²) in [4.78, 5) is 14.0. The molecule has 0 amide bonds. The fourth-order valence-corrected chi connectivity index (χ4v) is 3.71. The highest BCUT2D eigenvalue weighted by molar-refractivity contribution is 5.79. The molecular weight excluding hydrogens is 322 g/mol. The van der Waals surface area contributed by atoms with E-state index in [0.29, 0.717) is 12.5 Å². The molecule has 0 radical (unpaired) electrons. The summed E-state index contributed by atoms with van der Waals surface area (Å²) in [5.74, 6) is -0.105. The fraction of sp³-hybridized carbons (Fsp3) is 0.348. The van der Waals surface area contributed by atoms with Gasteiger partial charge >= 0.3 is 5.97 Å². The lowest BCUT2D eigenvalue weighted by atomic mass is 9.97. The normalized spacial score (nSPS) is 17.0. The first kappa shape index (κ1) is 18.4. The van der Waals surface area contributed by atoms with Crippen molar-refractivity contribution < 1.29 is 9.53 Å². The van der Waals surface area contributed by atoms with Crippen LogP contribution in [0.25, 0.3) is 5.57 Å². The molecule has 1 aliphatic rings. The van der Waals surface area contributed by atoms with Crippen LogP contribution in [0, 0.1) is 0 Å². The largest absolute Gasteiger partial charge is 0.469 e. The van der Waals surface area contributed by atoms with Crippen LogP contribution in [-0.2, 0) is 9.53 Å². The molecule has 0 unspecified atom stereocenters. The topological polar surface area (TPSA) is 29.5 Å². The molecule has 0 spiro atoms. The Kier molecular flexibility index (Phi) is 6.62. The average molecular weight is 349 g/mol. The number of likely N-dealkylation sites (tertiary alicyclic amines) is 1. The minimum absolute atomic E-state index is 0.105. The van der Waals surface area contributed by atoms with Gasteiger partial charge in [0, 0.05) is 12.6 Å². The number of benzene rings is 2. The smallest absolute Gasteiger partial charge is 0.307 e. The van der Waals surface area contributed by atoms with E-state index in [1.54, 1.807) is 0 Å². The maximum Gasteiger partial charge on any atom is 0.307 e. The van der Waals surface area contributed by atoms with Crippen LogP contribution < -0.4 is 0 Å². The SMILES string of the molecule is COC(=O)C[C@H]1CCCN1CCC=C(c1ccccc1)c1ccccc1. The third-order valence-corrected chi connectivity index (χ3v) is 5.06. The van der Waals surface area contributed by atoms with Gasteiger partial charge in [-0.3, -0.25) is 9.69 Å². The molecule has 0 aliphatic carbocycles. The standard InChI is InChI=1S/C23H27NO2/c1-26-23(25)18-21-14-8-16-24(21)17-9-15-22(19-10-4-2-5-11-19)20-12-6-3-7-13-20/h2-7,10-13,15,21H,8-9,14,16-18H2,1H3/t21-/m1/s1. The van der Waals surface area contributed by atoms with Gasteiger partial charge in [-0.1, -0.05) is 66.7 Å². The molecule has 3 heteroatoms. The minimum Gasteiger partial charge on any atom is -0.469 e. The Balaban J connectivity index is 1.70. The van der Waals surface area contributed by atoms with Gasteiger partial charge in [0.05, 0.1) is 13.5 Å². The summed E-state index contributed by atoms with van der Waals surface area (Å²) in [5.41, 5.74) is 3.76. The molecule has 1 aliphatic heterocycles. The molecule has 2 aromatic carbocycles. The molecule has 2 aromatic rings. The first-order valence-corrected chi connectivity index (χ1v) is 9.40. The summed E-state index contributed by atoms with van der Waals surface area (Å²) in [6.07, 6.45) is 6.05. The van der Waals surface area contributed by atoms with Crippen LogP contribution >= 0.6 is 0 Å². The van der Waals surface area contributed by atoms with Crippen LogP contribution in [0.15, 0.2) is 66.7 Å². The second-order valence-electron chi connectivity index (χ2n) is 6.75. The first-order chi connectivity index (χ1) is 12.8. The molecule has 0 N–H and O–H groups in total. The Morgan fingerprint density at radius 3 is 2.27 bits per heavy atom. The highest BCUT2D eigenvalue weighted by atomic mass is 16.5. The van der Waals surface area contributed by atoms with E-state index in [1.165, 1.54) is 23.8 Å². The Labute approximate surface area is 156 Å². The maximum atomic E-state index is 11.6. The van der Waals surface area contributed by atoms with Gasteiger partial charge in [0.25, 0.3) is 0 Å². The Morgan fingerprint density at radius 2 is 1.69 bits per heavy atom. The molecule has 1 heterocycles. The molecule has 136 valence electrons. The quantitative estimate of drug-likeness (QED) is 0.688. The zero-order valence-electron chi connectivity index (χ0n) is 15.4. The highest BCUT2D eigenvalue weighted by Gasteiger charge is 2.26.